The molecule has 0 bridgehead atoms. The molecule has 4 heteroatoms. The normalized spacial score (nSPS) is 12.2. The molecule has 0 aliphatic rings. The molecule has 1 aromatic carbocycles. The van der Waals surface area contributed by atoms with E-state index in [0.29, 0.717) is 5.02 Å². The Labute approximate surface area is 81.1 Å². The van der Waals surface area contributed by atoms with Crippen LogP contribution in [-0.2, 0) is 0 Å². The molecule has 0 spiro atoms. The quantitative estimate of drug-likeness (QED) is 0.329. The van der Waals surface area contributed by atoms with E-state index in [0.717, 1.165) is 5.56 Å². The van der Waals surface area contributed by atoms with Gasteiger partial charge in [-0.2, -0.15) is 0 Å². The number of hydrogen-bond donors (Lipinski definition) is 2. The van der Waals surface area contributed by atoms with Gasteiger partial charge in [0, 0.05) is 5.02 Å². The predicted molar refractivity (Wildman–Crippen MR) is 53.9 cm³/mol. The Kier molecular flexibility index (Phi) is 3.34. The van der Waals surface area contributed by atoms with Crippen LogP contribution in [0.15, 0.2) is 35.5 Å². The lowest BCUT2D eigenvalue weighted by atomic mass is 10.2. The zero-order chi connectivity index (χ0) is 9.68. The zero-order valence-corrected chi connectivity index (χ0v) is 7.57. The lowest BCUT2D eigenvalue weighted by molar-refractivity contribution is 0.319. The molecular weight excluding hydrogens is 188 g/mol. The van der Waals surface area contributed by atoms with Gasteiger partial charge in [0.05, 0.1) is 0 Å². The Balaban J connectivity index is 2.80. The minimum absolute atomic E-state index is 0.0555. The summed E-state index contributed by atoms with van der Waals surface area (Å²) in [6.07, 6.45) is 3.20. The van der Waals surface area contributed by atoms with E-state index in [-0.39, 0.29) is 5.84 Å². The Bertz CT molecular complexity index is 347. The van der Waals surface area contributed by atoms with E-state index in [1.54, 1.807) is 18.2 Å². The molecule has 0 fully saturated rings. The van der Waals surface area contributed by atoms with Crippen LogP contribution in [0.3, 0.4) is 0 Å². The van der Waals surface area contributed by atoms with Gasteiger partial charge >= 0.3 is 0 Å². The van der Waals surface area contributed by atoms with Crippen LogP contribution in [0.25, 0.3) is 6.08 Å². The highest BCUT2D eigenvalue weighted by atomic mass is 35.5. The Morgan fingerprint density at radius 3 is 2.92 bits per heavy atom. The standard InChI is InChI=1S/C9H9ClN2O/c10-8-3-1-2-7(6-8)4-5-9(11)12-13/h1-6,13H,(H2,11,12)/b5-4+. The summed E-state index contributed by atoms with van der Waals surface area (Å²) in [6, 6.07) is 7.26. The molecule has 0 heterocycles. The van der Waals surface area contributed by atoms with Gasteiger partial charge in [-0.25, -0.2) is 0 Å². The molecule has 0 saturated carbocycles. The molecule has 0 radical (unpaired) electrons. The average molecular weight is 197 g/mol. The molecule has 0 amide bonds. The van der Waals surface area contributed by atoms with Gasteiger partial charge in [-0.1, -0.05) is 35.0 Å². The fourth-order valence-corrected chi connectivity index (χ4v) is 1.02. The van der Waals surface area contributed by atoms with Crippen molar-refractivity contribution >= 4 is 23.5 Å². The second kappa shape index (κ2) is 4.52. The molecule has 68 valence electrons. The second-order valence-corrected chi connectivity index (χ2v) is 2.85. The lowest BCUT2D eigenvalue weighted by Crippen LogP contribution is -2.06. The third kappa shape index (κ3) is 3.17. The highest BCUT2D eigenvalue weighted by molar-refractivity contribution is 6.30. The lowest BCUT2D eigenvalue weighted by Gasteiger charge is -1.93. The maximum Gasteiger partial charge on any atom is 0.162 e. The largest absolute Gasteiger partial charge is 0.409 e. The van der Waals surface area contributed by atoms with Crippen molar-refractivity contribution in [2.45, 2.75) is 0 Å². The van der Waals surface area contributed by atoms with Crippen molar-refractivity contribution in [3.8, 4) is 0 Å². The fourth-order valence-electron chi connectivity index (χ4n) is 0.825. The molecule has 0 aliphatic carbocycles. The number of nitrogens with zero attached hydrogens (tertiary/aromatic N) is 1. The van der Waals surface area contributed by atoms with Crippen LogP contribution in [0.5, 0.6) is 0 Å². The predicted octanol–water partition coefficient (Wildman–Crippen LogP) is 2.10. The number of amidine groups is 1. The van der Waals surface area contributed by atoms with Crippen molar-refractivity contribution in [1.29, 1.82) is 0 Å². The highest BCUT2D eigenvalue weighted by Gasteiger charge is 1.89. The molecule has 0 aromatic heterocycles. The molecular formula is C9H9ClN2O. The van der Waals surface area contributed by atoms with Crippen LogP contribution >= 0.6 is 11.6 Å². The number of hydrogen-bond acceptors (Lipinski definition) is 2. The van der Waals surface area contributed by atoms with Crippen LogP contribution in [0.2, 0.25) is 5.02 Å². The van der Waals surface area contributed by atoms with Gasteiger partial charge in [-0.15, -0.1) is 0 Å². The first-order valence-electron chi connectivity index (χ1n) is 3.63. The smallest absolute Gasteiger partial charge is 0.162 e. The molecule has 0 unspecified atom stereocenters. The van der Waals surface area contributed by atoms with E-state index in [1.165, 1.54) is 6.08 Å². The topological polar surface area (TPSA) is 58.6 Å². The SMILES string of the molecule is NC(/C=C/c1cccc(Cl)c1)=NO. The minimum Gasteiger partial charge on any atom is -0.409 e. The van der Waals surface area contributed by atoms with Crippen LogP contribution in [-0.4, -0.2) is 11.0 Å². The van der Waals surface area contributed by atoms with Crippen LogP contribution < -0.4 is 5.73 Å². The maximum atomic E-state index is 8.25. The van der Waals surface area contributed by atoms with Crippen molar-refractivity contribution in [3.63, 3.8) is 0 Å². The summed E-state index contributed by atoms with van der Waals surface area (Å²) < 4.78 is 0. The van der Waals surface area contributed by atoms with Crippen molar-refractivity contribution in [3.05, 3.63) is 40.9 Å². The zero-order valence-electron chi connectivity index (χ0n) is 6.81. The van der Waals surface area contributed by atoms with E-state index in [9.17, 15) is 0 Å². The summed E-state index contributed by atoms with van der Waals surface area (Å²) in [5.41, 5.74) is 6.14. The minimum atomic E-state index is 0.0555. The molecule has 0 atom stereocenters. The maximum absolute atomic E-state index is 8.25. The van der Waals surface area contributed by atoms with Crippen molar-refractivity contribution in [1.82, 2.24) is 0 Å². The highest BCUT2D eigenvalue weighted by Crippen LogP contribution is 2.11. The van der Waals surface area contributed by atoms with Crippen molar-refractivity contribution in [2.75, 3.05) is 0 Å². The Morgan fingerprint density at radius 2 is 2.31 bits per heavy atom. The van der Waals surface area contributed by atoms with Gasteiger partial charge in [-0.3, -0.25) is 0 Å². The van der Waals surface area contributed by atoms with E-state index < -0.39 is 0 Å². The first kappa shape index (κ1) is 9.61. The number of rotatable bonds is 2. The van der Waals surface area contributed by atoms with E-state index in [2.05, 4.69) is 5.16 Å². The van der Waals surface area contributed by atoms with Crippen LogP contribution in [0, 0.1) is 0 Å². The van der Waals surface area contributed by atoms with E-state index in [4.69, 9.17) is 22.5 Å². The number of nitrogens with two attached hydrogens (primary N) is 1. The average Bonchev–Trinajstić information content (AvgIpc) is 2.14. The van der Waals surface area contributed by atoms with Crippen molar-refractivity contribution in [2.24, 2.45) is 10.9 Å². The summed E-state index contributed by atoms with van der Waals surface area (Å²) in [7, 11) is 0. The third-order valence-electron chi connectivity index (χ3n) is 1.41. The first-order valence-corrected chi connectivity index (χ1v) is 4.01. The summed E-state index contributed by atoms with van der Waals surface area (Å²) in [4.78, 5) is 0. The molecule has 1 rings (SSSR count). The number of halogens is 1. The molecule has 13 heavy (non-hydrogen) atoms. The Hall–Kier alpha value is -1.48. The van der Waals surface area contributed by atoms with Gasteiger partial charge in [-0.05, 0) is 23.8 Å². The van der Waals surface area contributed by atoms with Crippen molar-refractivity contribution < 1.29 is 5.21 Å². The number of oxime groups is 1. The second-order valence-electron chi connectivity index (χ2n) is 2.41. The van der Waals surface area contributed by atoms with Gasteiger partial charge in [0.25, 0.3) is 0 Å². The number of benzene rings is 1. The molecule has 1 aromatic rings. The summed E-state index contributed by atoms with van der Waals surface area (Å²) in [6.45, 7) is 0. The molecule has 3 N–H and O–H groups in total. The first-order chi connectivity index (χ1) is 6.22. The van der Waals surface area contributed by atoms with Gasteiger partial charge in [0.15, 0.2) is 5.84 Å². The van der Waals surface area contributed by atoms with E-state index >= 15 is 0 Å². The monoisotopic (exact) mass is 196 g/mol. The summed E-state index contributed by atoms with van der Waals surface area (Å²) in [5.74, 6) is 0.0555. The van der Waals surface area contributed by atoms with Crippen LogP contribution in [0.4, 0.5) is 0 Å². The molecule has 3 nitrogen and oxygen atoms in total. The van der Waals surface area contributed by atoms with Gasteiger partial charge in [0.1, 0.15) is 0 Å². The molecule has 0 aliphatic heterocycles. The summed E-state index contributed by atoms with van der Waals surface area (Å²) in [5, 5.41) is 11.7. The van der Waals surface area contributed by atoms with Crippen LogP contribution in [0.1, 0.15) is 5.56 Å². The third-order valence-corrected chi connectivity index (χ3v) is 1.65. The van der Waals surface area contributed by atoms with Gasteiger partial charge < -0.3 is 10.9 Å². The van der Waals surface area contributed by atoms with E-state index in [1.807, 2.05) is 12.1 Å². The van der Waals surface area contributed by atoms with Gasteiger partial charge in [0.2, 0.25) is 0 Å². The summed E-state index contributed by atoms with van der Waals surface area (Å²) >= 11 is 5.75. The fraction of sp³-hybridized carbons (Fsp3) is 0. The molecule has 0 saturated heterocycles. The Morgan fingerprint density at radius 1 is 1.54 bits per heavy atom.